The number of hydrogen-bond donors (Lipinski definition) is 1. The Balaban J connectivity index is 1.52. The van der Waals surface area contributed by atoms with Crippen LogP contribution in [0, 0.1) is 0 Å². The lowest BCUT2D eigenvalue weighted by Crippen LogP contribution is -2.33. The van der Waals surface area contributed by atoms with Crippen LogP contribution < -0.4 is 14.9 Å². The molecule has 0 aromatic heterocycles. The van der Waals surface area contributed by atoms with Gasteiger partial charge in [-0.05, 0) is 60.2 Å². The van der Waals surface area contributed by atoms with Crippen LogP contribution in [-0.2, 0) is 4.79 Å². The standard InChI is InChI=1S/C27H21BrN2O4/c1-18(33-22-14-12-21(28)13-15-22)26(31)30-29-17-24-23-10-6-5-7-19(23)11-16-25(24)34-27(32)20-8-3-2-4-9-20/h2-18H,1H3,(H,30,31)/b29-17+. The second-order valence-electron chi connectivity index (χ2n) is 7.40. The second-order valence-corrected chi connectivity index (χ2v) is 8.32. The molecule has 6 nitrogen and oxygen atoms in total. The minimum absolute atomic E-state index is 0.338. The number of fused-ring (bicyclic) bond motifs is 1. The summed E-state index contributed by atoms with van der Waals surface area (Å²) >= 11 is 3.36. The Labute approximate surface area is 205 Å². The molecule has 0 aliphatic carbocycles. The first-order chi connectivity index (χ1) is 16.5. The first-order valence-electron chi connectivity index (χ1n) is 10.6. The third kappa shape index (κ3) is 5.68. The zero-order valence-electron chi connectivity index (χ0n) is 18.3. The fraction of sp³-hybridized carbons (Fsp3) is 0.0741. The molecule has 4 aromatic carbocycles. The quantitative estimate of drug-likeness (QED) is 0.147. The molecule has 1 amide bonds. The molecule has 0 aliphatic rings. The number of nitrogens with zero attached hydrogens (tertiary/aromatic N) is 1. The number of esters is 1. The summed E-state index contributed by atoms with van der Waals surface area (Å²) < 4.78 is 12.2. The van der Waals surface area contributed by atoms with E-state index < -0.39 is 18.0 Å². The van der Waals surface area contributed by atoms with E-state index in [4.69, 9.17) is 9.47 Å². The Kier molecular flexibility index (Phi) is 7.34. The van der Waals surface area contributed by atoms with E-state index in [2.05, 4.69) is 26.5 Å². The average Bonchev–Trinajstić information content (AvgIpc) is 2.86. The topological polar surface area (TPSA) is 77.0 Å². The van der Waals surface area contributed by atoms with E-state index >= 15 is 0 Å². The van der Waals surface area contributed by atoms with Gasteiger partial charge < -0.3 is 9.47 Å². The van der Waals surface area contributed by atoms with Gasteiger partial charge in [0.1, 0.15) is 11.5 Å². The first kappa shape index (κ1) is 23.2. The van der Waals surface area contributed by atoms with E-state index in [0.29, 0.717) is 22.6 Å². The van der Waals surface area contributed by atoms with Gasteiger partial charge in [0.2, 0.25) is 0 Å². The zero-order chi connectivity index (χ0) is 23.9. The number of carbonyl (C=O) groups excluding carboxylic acids is 2. The molecule has 7 heteroatoms. The molecule has 0 heterocycles. The van der Waals surface area contributed by atoms with Crippen molar-refractivity contribution in [3.63, 3.8) is 0 Å². The molecule has 4 rings (SSSR count). The minimum Gasteiger partial charge on any atom is -0.481 e. The molecule has 0 spiro atoms. The monoisotopic (exact) mass is 516 g/mol. The Morgan fingerprint density at radius 3 is 2.38 bits per heavy atom. The van der Waals surface area contributed by atoms with Crippen molar-refractivity contribution in [3.05, 3.63) is 107 Å². The molecule has 0 aliphatic heterocycles. The van der Waals surface area contributed by atoms with Crippen LogP contribution in [0.4, 0.5) is 0 Å². The normalized spacial score (nSPS) is 11.8. The van der Waals surface area contributed by atoms with E-state index in [0.717, 1.165) is 15.2 Å². The lowest BCUT2D eigenvalue weighted by molar-refractivity contribution is -0.127. The fourth-order valence-electron chi connectivity index (χ4n) is 3.25. The van der Waals surface area contributed by atoms with Gasteiger partial charge in [-0.25, -0.2) is 10.2 Å². The number of carbonyl (C=O) groups is 2. The highest BCUT2D eigenvalue weighted by Crippen LogP contribution is 2.27. The van der Waals surface area contributed by atoms with Crippen molar-refractivity contribution < 1.29 is 19.1 Å². The molecule has 1 unspecified atom stereocenters. The summed E-state index contributed by atoms with van der Waals surface area (Å²) in [5.74, 6) is 0.0111. The highest BCUT2D eigenvalue weighted by atomic mass is 79.9. The highest BCUT2D eigenvalue weighted by Gasteiger charge is 2.15. The third-order valence-corrected chi connectivity index (χ3v) is 5.54. The van der Waals surface area contributed by atoms with Gasteiger partial charge in [0.05, 0.1) is 11.8 Å². The molecule has 0 saturated carbocycles. The summed E-state index contributed by atoms with van der Waals surface area (Å²) in [6.45, 7) is 1.64. The summed E-state index contributed by atoms with van der Waals surface area (Å²) in [5, 5.41) is 5.88. The summed E-state index contributed by atoms with van der Waals surface area (Å²) in [5.41, 5.74) is 3.50. The van der Waals surface area contributed by atoms with Crippen molar-refractivity contribution in [2.75, 3.05) is 0 Å². The molecule has 0 bridgehead atoms. The average molecular weight is 517 g/mol. The Bertz CT molecular complexity index is 1340. The Morgan fingerprint density at radius 1 is 0.912 bits per heavy atom. The lowest BCUT2D eigenvalue weighted by atomic mass is 10.0. The third-order valence-electron chi connectivity index (χ3n) is 5.01. The van der Waals surface area contributed by atoms with Crippen molar-refractivity contribution in [2.45, 2.75) is 13.0 Å². The van der Waals surface area contributed by atoms with Crippen molar-refractivity contribution in [3.8, 4) is 11.5 Å². The predicted molar refractivity (Wildman–Crippen MR) is 135 cm³/mol. The van der Waals surface area contributed by atoms with E-state index in [1.165, 1.54) is 6.21 Å². The van der Waals surface area contributed by atoms with Gasteiger partial charge in [-0.15, -0.1) is 0 Å². The smallest absolute Gasteiger partial charge is 0.343 e. The van der Waals surface area contributed by atoms with Crippen LogP contribution in [0.3, 0.4) is 0 Å². The molecule has 0 saturated heterocycles. The molecule has 4 aromatic rings. The highest BCUT2D eigenvalue weighted by molar-refractivity contribution is 9.10. The van der Waals surface area contributed by atoms with Gasteiger partial charge in [0.15, 0.2) is 6.10 Å². The van der Waals surface area contributed by atoms with Crippen LogP contribution in [0.15, 0.2) is 101 Å². The molecule has 170 valence electrons. The van der Waals surface area contributed by atoms with Gasteiger partial charge in [0.25, 0.3) is 5.91 Å². The van der Waals surface area contributed by atoms with E-state index in [-0.39, 0.29) is 0 Å². The number of ether oxygens (including phenoxy) is 2. The lowest BCUT2D eigenvalue weighted by Gasteiger charge is -2.13. The number of hydrazone groups is 1. The number of halogens is 1. The largest absolute Gasteiger partial charge is 0.481 e. The molecule has 1 atom stereocenters. The summed E-state index contributed by atoms with van der Waals surface area (Å²) in [7, 11) is 0. The predicted octanol–water partition coefficient (Wildman–Crippen LogP) is 5.74. The van der Waals surface area contributed by atoms with E-state index in [1.807, 2.05) is 48.5 Å². The van der Waals surface area contributed by atoms with Crippen LogP contribution in [0.1, 0.15) is 22.8 Å². The maximum atomic E-state index is 12.6. The summed E-state index contributed by atoms with van der Waals surface area (Å²) in [6.07, 6.45) is 0.710. The van der Waals surface area contributed by atoms with Crippen LogP contribution in [0.2, 0.25) is 0 Å². The zero-order valence-corrected chi connectivity index (χ0v) is 19.9. The number of amides is 1. The minimum atomic E-state index is -0.763. The number of rotatable bonds is 7. The maximum Gasteiger partial charge on any atom is 0.343 e. The van der Waals surface area contributed by atoms with Crippen LogP contribution in [-0.4, -0.2) is 24.2 Å². The maximum absolute atomic E-state index is 12.6. The van der Waals surface area contributed by atoms with Gasteiger partial charge in [-0.2, -0.15) is 5.10 Å². The SMILES string of the molecule is CC(Oc1ccc(Br)cc1)C(=O)N/N=C/c1c(OC(=O)c2ccccc2)ccc2ccccc12. The molecular weight excluding hydrogens is 496 g/mol. The summed E-state index contributed by atoms with van der Waals surface area (Å²) in [4.78, 5) is 25.1. The Morgan fingerprint density at radius 2 is 1.62 bits per heavy atom. The van der Waals surface area contributed by atoms with Crippen molar-refractivity contribution in [1.29, 1.82) is 0 Å². The van der Waals surface area contributed by atoms with Crippen molar-refractivity contribution >= 4 is 44.8 Å². The van der Waals surface area contributed by atoms with Gasteiger partial charge >= 0.3 is 5.97 Å². The van der Waals surface area contributed by atoms with E-state index in [1.54, 1.807) is 49.4 Å². The van der Waals surface area contributed by atoms with Crippen molar-refractivity contribution in [2.24, 2.45) is 5.10 Å². The van der Waals surface area contributed by atoms with Crippen LogP contribution in [0.5, 0.6) is 11.5 Å². The number of nitrogens with one attached hydrogen (secondary N) is 1. The molecular formula is C27H21BrN2O4. The second kappa shape index (κ2) is 10.8. The number of hydrogen-bond acceptors (Lipinski definition) is 5. The molecule has 0 radical (unpaired) electrons. The van der Waals surface area contributed by atoms with Crippen LogP contribution >= 0.6 is 15.9 Å². The molecule has 0 fully saturated rings. The molecule has 1 N–H and O–H groups in total. The van der Waals surface area contributed by atoms with Gasteiger partial charge in [-0.3, -0.25) is 4.79 Å². The first-order valence-corrected chi connectivity index (χ1v) is 11.3. The van der Waals surface area contributed by atoms with Crippen LogP contribution in [0.25, 0.3) is 10.8 Å². The number of benzene rings is 4. The Hall–Kier alpha value is -3.97. The van der Waals surface area contributed by atoms with Crippen molar-refractivity contribution in [1.82, 2.24) is 5.43 Å². The van der Waals surface area contributed by atoms with E-state index in [9.17, 15) is 9.59 Å². The summed E-state index contributed by atoms with van der Waals surface area (Å²) in [6, 6.07) is 27.2. The molecule has 34 heavy (non-hydrogen) atoms. The van der Waals surface area contributed by atoms with Gasteiger partial charge in [-0.1, -0.05) is 64.5 Å². The fourth-order valence-corrected chi connectivity index (χ4v) is 3.52. The van der Waals surface area contributed by atoms with Gasteiger partial charge in [0, 0.05) is 10.0 Å².